The summed E-state index contributed by atoms with van der Waals surface area (Å²) in [6, 6.07) is -0.816. The summed E-state index contributed by atoms with van der Waals surface area (Å²) < 4.78 is 13.6. The molecule has 3 N–H and O–H groups in total. The summed E-state index contributed by atoms with van der Waals surface area (Å²) in [5.74, 6) is -0.815. The molecule has 0 saturated carbocycles. The molecule has 0 aliphatic carbocycles. The van der Waals surface area contributed by atoms with Crippen molar-refractivity contribution in [2.75, 3.05) is 12.9 Å². The van der Waals surface area contributed by atoms with Gasteiger partial charge in [-0.1, -0.05) is 9.64 Å². The molecule has 0 radical (unpaired) electrons. The van der Waals surface area contributed by atoms with Gasteiger partial charge in [-0.2, -0.15) is 12.6 Å². The first kappa shape index (κ1) is 14.6. The molecule has 8 heteroatoms. The van der Waals surface area contributed by atoms with Gasteiger partial charge in [0, 0.05) is 12.9 Å². The zero-order valence-electron chi connectivity index (χ0n) is 6.30. The molecular formula is C4H10NO4S3-. The monoisotopic (exact) mass is 232 g/mol. The third-order valence-corrected chi connectivity index (χ3v) is 1.72. The van der Waals surface area contributed by atoms with Crippen molar-refractivity contribution < 1.29 is 18.3 Å². The number of hydrogen-bond donors (Lipinski definition) is 3. The van der Waals surface area contributed by atoms with Crippen LogP contribution in [0.1, 0.15) is 0 Å². The summed E-state index contributed by atoms with van der Waals surface area (Å²) in [5.41, 5.74) is 4.94. The summed E-state index contributed by atoms with van der Waals surface area (Å²) in [6.45, 7) is 0. The molecule has 1 unspecified atom stereocenters. The summed E-state index contributed by atoms with van der Waals surface area (Å²) in [4.78, 5) is 9.76. The lowest BCUT2D eigenvalue weighted by Gasteiger charge is -1.96. The van der Waals surface area contributed by atoms with Crippen LogP contribution in [0.15, 0.2) is 0 Å². The largest absolute Gasteiger partial charge is 0.480 e. The third kappa shape index (κ3) is 12.8. The maximum absolute atomic E-state index is 9.76. The molecule has 0 aliphatic rings. The van der Waals surface area contributed by atoms with Gasteiger partial charge in [-0.05, 0) is 0 Å². The Morgan fingerprint density at radius 1 is 1.92 bits per heavy atom. The highest BCUT2D eigenvalue weighted by Gasteiger charge is 2.06. The number of thiol groups is 1. The van der Waals surface area contributed by atoms with E-state index in [2.05, 4.69) is 28.0 Å². The molecule has 74 valence electrons. The Hall–Kier alpha value is 0.110. The van der Waals surface area contributed by atoms with Gasteiger partial charge in [0.05, 0.1) is 0 Å². The Morgan fingerprint density at radius 3 is 2.25 bits per heavy atom. The van der Waals surface area contributed by atoms with E-state index >= 15 is 0 Å². The predicted molar refractivity (Wildman–Crippen MR) is 51.9 cm³/mol. The van der Waals surface area contributed by atoms with Crippen molar-refractivity contribution in [1.29, 1.82) is 0 Å². The van der Waals surface area contributed by atoms with Crippen molar-refractivity contribution in [2.24, 2.45) is 5.73 Å². The van der Waals surface area contributed by atoms with Crippen LogP contribution in [-0.4, -0.2) is 30.0 Å². The van der Waals surface area contributed by atoms with Crippen LogP contribution in [0.5, 0.6) is 0 Å². The standard InChI is InChI=1S/C3H7NO2S.CH3O2S2/c4-2(1-7)3(5)6;1-3-5(2)4/h2,7H,1,4H2,(H,5,6);1H3/q;-1. The molecule has 0 bridgehead atoms. The zero-order valence-corrected chi connectivity index (χ0v) is 8.82. The number of rotatable bonds is 3. The second-order valence-electron chi connectivity index (χ2n) is 1.50. The average Bonchev–Trinajstić information content (AvgIpc) is 2.04. The van der Waals surface area contributed by atoms with Gasteiger partial charge in [0.1, 0.15) is 6.04 Å². The van der Waals surface area contributed by atoms with E-state index in [1.807, 2.05) is 0 Å². The van der Waals surface area contributed by atoms with Crippen LogP contribution < -0.4 is 5.73 Å². The molecule has 0 aromatic heterocycles. The minimum Gasteiger partial charge on any atom is -0.480 e. The summed E-state index contributed by atoms with van der Waals surface area (Å²) in [6.07, 6.45) is 0. The van der Waals surface area contributed by atoms with Crippen molar-refractivity contribution in [1.82, 2.24) is 0 Å². The van der Waals surface area contributed by atoms with Crippen LogP contribution in [-0.2, 0) is 34.0 Å². The molecule has 12 heavy (non-hydrogen) atoms. The molecule has 0 fully saturated rings. The van der Waals surface area contributed by atoms with Gasteiger partial charge in [-0.25, -0.2) is 11.2 Å². The first-order valence-electron chi connectivity index (χ1n) is 2.68. The fourth-order valence-corrected chi connectivity index (χ4v) is 0.234. The number of carbonyl (C=O) groups is 1. The smallest absolute Gasteiger partial charge is 0.321 e. The molecule has 0 heterocycles. The zero-order chi connectivity index (χ0) is 10.1. The van der Waals surface area contributed by atoms with Crippen LogP contribution in [0, 0.1) is 0 Å². The SMILES string of the molecule is CO[S-](=O)=S.NC(CS)C(=O)O. The molecule has 0 aliphatic heterocycles. The first-order chi connectivity index (χ1) is 5.45. The van der Waals surface area contributed by atoms with Crippen molar-refractivity contribution in [3.05, 3.63) is 0 Å². The van der Waals surface area contributed by atoms with Gasteiger partial charge in [-0.3, -0.25) is 4.79 Å². The van der Waals surface area contributed by atoms with Gasteiger partial charge in [0.2, 0.25) is 0 Å². The van der Waals surface area contributed by atoms with Crippen molar-refractivity contribution in [2.45, 2.75) is 6.04 Å². The number of aliphatic carboxylic acids is 1. The quantitative estimate of drug-likeness (QED) is 0.440. The van der Waals surface area contributed by atoms with Crippen LogP contribution >= 0.6 is 12.6 Å². The number of hydrogen-bond acceptors (Lipinski definition) is 7. The van der Waals surface area contributed by atoms with E-state index < -0.39 is 21.7 Å². The van der Waals surface area contributed by atoms with E-state index in [4.69, 9.17) is 10.8 Å². The fraction of sp³-hybridized carbons (Fsp3) is 0.750. The molecule has 1 atom stereocenters. The lowest BCUT2D eigenvalue weighted by molar-refractivity contribution is -0.137. The van der Waals surface area contributed by atoms with Crippen molar-refractivity contribution in [3.63, 3.8) is 0 Å². The van der Waals surface area contributed by atoms with Crippen LogP contribution in [0.3, 0.4) is 0 Å². The van der Waals surface area contributed by atoms with E-state index in [1.165, 1.54) is 7.11 Å². The molecule has 0 spiro atoms. The molecule has 0 aromatic rings. The maximum Gasteiger partial charge on any atom is 0.321 e. The van der Waals surface area contributed by atoms with Crippen molar-refractivity contribution >= 4 is 39.4 Å². The molecule has 0 rings (SSSR count). The number of nitrogens with two attached hydrogens (primary N) is 1. The molecule has 5 nitrogen and oxygen atoms in total. The maximum atomic E-state index is 9.76. The Labute approximate surface area is 82.6 Å². The minimum atomic E-state index is -1.49. The van der Waals surface area contributed by atoms with E-state index in [-0.39, 0.29) is 5.75 Å². The van der Waals surface area contributed by atoms with E-state index in [0.717, 1.165) is 0 Å². The fourth-order valence-electron chi connectivity index (χ4n) is 0.0781. The second kappa shape index (κ2) is 9.20. The molecule has 0 amide bonds. The summed E-state index contributed by atoms with van der Waals surface area (Å²) in [7, 11) is -0.194. The van der Waals surface area contributed by atoms with Gasteiger partial charge in [0.25, 0.3) is 0 Å². The predicted octanol–water partition coefficient (Wildman–Crippen LogP) is -0.698. The Morgan fingerprint density at radius 2 is 2.25 bits per heavy atom. The lowest BCUT2D eigenvalue weighted by Crippen LogP contribution is -2.31. The van der Waals surface area contributed by atoms with Gasteiger partial charge < -0.3 is 19.2 Å². The first-order valence-corrected chi connectivity index (χ1v) is 5.31. The van der Waals surface area contributed by atoms with Crippen LogP contribution in [0.2, 0.25) is 0 Å². The van der Waals surface area contributed by atoms with E-state index in [1.54, 1.807) is 0 Å². The van der Waals surface area contributed by atoms with Crippen molar-refractivity contribution in [3.8, 4) is 0 Å². The number of carboxylic acids is 1. The van der Waals surface area contributed by atoms with Gasteiger partial charge >= 0.3 is 5.97 Å². The summed E-state index contributed by atoms with van der Waals surface area (Å²) in [5, 5.41) is 8.01. The molecular weight excluding hydrogens is 222 g/mol. The Kier molecular flexibility index (Phi) is 11.2. The topological polar surface area (TPSA) is 89.6 Å². The average molecular weight is 232 g/mol. The Balaban J connectivity index is 0. The van der Waals surface area contributed by atoms with E-state index in [0.29, 0.717) is 0 Å². The highest BCUT2D eigenvalue weighted by molar-refractivity contribution is 8.19. The second-order valence-corrected chi connectivity index (χ2v) is 3.42. The normalized spacial score (nSPS) is 11.7. The van der Waals surface area contributed by atoms with Gasteiger partial charge in [-0.15, -0.1) is 0 Å². The third-order valence-electron chi connectivity index (χ3n) is 0.650. The van der Waals surface area contributed by atoms with Crippen LogP contribution in [0.4, 0.5) is 0 Å². The van der Waals surface area contributed by atoms with E-state index in [9.17, 15) is 9.00 Å². The van der Waals surface area contributed by atoms with Gasteiger partial charge in [0.15, 0.2) is 0 Å². The minimum absolute atomic E-state index is 0.190. The highest BCUT2D eigenvalue weighted by Crippen LogP contribution is 1.80. The number of carboxylic acid groups (broad SMARTS) is 1. The lowest BCUT2D eigenvalue weighted by atomic mass is 10.4. The highest BCUT2D eigenvalue weighted by atomic mass is 32.8. The summed E-state index contributed by atoms with van der Waals surface area (Å²) >= 11 is 7.68. The molecule has 0 saturated heterocycles. The van der Waals surface area contributed by atoms with Crippen LogP contribution in [0.25, 0.3) is 0 Å². The molecule has 0 aromatic carbocycles. The Bertz CT molecular complexity index is 185.